The number of ether oxygens (including phenoxy) is 4. The van der Waals surface area contributed by atoms with Crippen LogP contribution in [0.5, 0.6) is 23.0 Å². The van der Waals surface area contributed by atoms with Crippen molar-refractivity contribution in [1.29, 1.82) is 0 Å². The molecule has 0 N–H and O–H groups in total. The Kier molecular flexibility index (Phi) is 7.07. The number of aromatic nitrogens is 2. The summed E-state index contributed by atoms with van der Waals surface area (Å²) in [4.78, 5) is 0. The van der Waals surface area contributed by atoms with Crippen molar-refractivity contribution >= 4 is 15.9 Å². The molecule has 0 unspecified atom stereocenters. The Morgan fingerprint density at radius 3 is 1.91 bits per heavy atom. The van der Waals surface area contributed by atoms with Gasteiger partial charge in [0.25, 0.3) is 0 Å². The molecule has 0 bridgehead atoms. The van der Waals surface area contributed by atoms with Gasteiger partial charge in [-0.2, -0.15) is 5.10 Å². The normalized spacial score (nSPS) is 10.8. The molecule has 34 heavy (non-hydrogen) atoms. The number of nitrogens with zero attached hydrogens (tertiary/aromatic N) is 2. The summed E-state index contributed by atoms with van der Waals surface area (Å²) in [6.07, 6.45) is 0. The van der Waals surface area contributed by atoms with E-state index in [9.17, 15) is 4.39 Å². The van der Waals surface area contributed by atoms with Crippen molar-refractivity contribution in [2.24, 2.45) is 0 Å². The highest BCUT2D eigenvalue weighted by atomic mass is 79.9. The highest BCUT2D eigenvalue weighted by molar-refractivity contribution is 9.10. The summed E-state index contributed by atoms with van der Waals surface area (Å²) in [6.45, 7) is 0.238. The topological polar surface area (TPSA) is 54.7 Å². The molecule has 176 valence electrons. The van der Waals surface area contributed by atoms with Gasteiger partial charge in [0.05, 0.1) is 45.2 Å². The SMILES string of the molecule is COc1ccc(-c2nn(Cc3ccccc3F)c(-c3ccc(OC)c(OC)c3)c2Br)cc1OC. The molecule has 4 aromatic rings. The maximum Gasteiger partial charge on any atom is 0.161 e. The van der Waals surface area contributed by atoms with E-state index in [1.807, 2.05) is 42.5 Å². The molecule has 0 atom stereocenters. The van der Waals surface area contributed by atoms with E-state index in [-0.39, 0.29) is 12.4 Å². The molecule has 0 fully saturated rings. The van der Waals surface area contributed by atoms with Crippen molar-refractivity contribution in [2.75, 3.05) is 28.4 Å². The van der Waals surface area contributed by atoms with E-state index in [2.05, 4.69) is 15.9 Å². The van der Waals surface area contributed by atoms with Crippen LogP contribution in [0.2, 0.25) is 0 Å². The third-order valence-corrected chi connectivity index (χ3v) is 6.24. The minimum Gasteiger partial charge on any atom is -0.493 e. The molecule has 8 heteroatoms. The third kappa shape index (κ3) is 4.46. The molecule has 0 aliphatic heterocycles. The third-order valence-electron chi connectivity index (χ3n) is 5.49. The van der Waals surface area contributed by atoms with Gasteiger partial charge in [0, 0.05) is 16.7 Å². The van der Waals surface area contributed by atoms with Crippen LogP contribution in [0.15, 0.2) is 65.1 Å². The zero-order valence-electron chi connectivity index (χ0n) is 19.3. The van der Waals surface area contributed by atoms with E-state index < -0.39 is 0 Å². The average Bonchev–Trinajstić information content (AvgIpc) is 3.19. The van der Waals surface area contributed by atoms with E-state index in [0.29, 0.717) is 34.3 Å². The van der Waals surface area contributed by atoms with Gasteiger partial charge in [0.1, 0.15) is 11.5 Å². The largest absolute Gasteiger partial charge is 0.493 e. The smallest absolute Gasteiger partial charge is 0.161 e. The van der Waals surface area contributed by atoms with Gasteiger partial charge in [0.2, 0.25) is 0 Å². The average molecular weight is 527 g/mol. The fourth-order valence-corrected chi connectivity index (χ4v) is 4.51. The van der Waals surface area contributed by atoms with E-state index in [0.717, 1.165) is 21.3 Å². The summed E-state index contributed by atoms with van der Waals surface area (Å²) < 4.78 is 38.8. The molecule has 6 nitrogen and oxygen atoms in total. The molecule has 0 aliphatic carbocycles. The summed E-state index contributed by atoms with van der Waals surface area (Å²) in [5.74, 6) is 2.11. The van der Waals surface area contributed by atoms with Crippen molar-refractivity contribution in [3.8, 4) is 45.5 Å². The second-order valence-corrected chi connectivity index (χ2v) is 8.19. The first-order valence-electron chi connectivity index (χ1n) is 10.4. The molecule has 0 radical (unpaired) electrons. The van der Waals surface area contributed by atoms with Crippen LogP contribution in [-0.4, -0.2) is 38.2 Å². The Balaban J connectivity index is 1.91. The number of hydrogen-bond acceptors (Lipinski definition) is 5. The van der Waals surface area contributed by atoms with Gasteiger partial charge >= 0.3 is 0 Å². The van der Waals surface area contributed by atoms with Gasteiger partial charge in [0.15, 0.2) is 23.0 Å². The minimum atomic E-state index is -0.292. The van der Waals surface area contributed by atoms with E-state index in [4.69, 9.17) is 24.0 Å². The first-order chi connectivity index (χ1) is 16.5. The second-order valence-electron chi connectivity index (χ2n) is 7.40. The van der Waals surface area contributed by atoms with Gasteiger partial charge in [-0.1, -0.05) is 18.2 Å². The molecular formula is C26H24BrFN2O4. The summed E-state index contributed by atoms with van der Waals surface area (Å²) in [5.41, 5.74) is 3.63. The van der Waals surface area contributed by atoms with Crippen LogP contribution in [0.4, 0.5) is 4.39 Å². The van der Waals surface area contributed by atoms with Crippen LogP contribution in [0, 0.1) is 5.82 Å². The maximum atomic E-state index is 14.5. The lowest BCUT2D eigenvalue weighted by Crippen LogP contribution is -2.06. The van der Waals surface area contributed by atoms with Crippen LogP contribution in [0.3, 0.4) is 0 Å². The number of rotatable bonds is 8. The van der Waals surface area contributed by atoms with Crippen LogP contribution in [-0.2, 0) is 6.54 Å². The molecule has 0 saturated heterocycles. The molecule has 0 aliphatic rings. The Hall–Kier alpha value is -3.52. The van der Waals surface area contributed by atoms with Crippen LogP contribution >= 0.6 is 15.9 Å². The molecule has 3 aromatic carbocycles. The van der Waals surface area contributed by atoms with Gasteiger partial charge in [-0.05, 0) is 58.4 Å². The van der Waals surface area contributed by atoms with Crippen molar-refractivity contribution in [3.05, 3.63) is 76.5 Å². The molecule has 1 aromatic heterocycles. The standard InChI is InChI=1S/C26H24BrFN2O4/c1-31-20-11-9-16(13-22(20)33-3)25-24(27)26(17-10-12-21(32-2)23(14-17)34-4)30(29-25)15-18-7-5-6-8-19(18)28/h5-14H,15H2,1-4H3. The Morgan fingerprint density at radius 1 is 0.765 bits per heavy atom. The minimum absolute atomic E-state index is 0.238. The predicted molar refractivity (Wildman–Crippen MR) is 133 cm³/mol. The van der Waals surface area contributed by atoms with E-state index in [1.165, 1.54) is 6.07 Å². The molecular weight excluding hydrogens is 503 g/mol. The lowest BCUT2D eigenvalue weighted by molar-refractivity contribution is 0.355. The highest BCUT2D eigenvalue weighted by Crippen LogP contribution is 2.41. The molecule has 0 amide bonds. The molecule has 0 saturated carbocycles. The number of halogens is 2. The van der Waals surface area contributed by atoms with E-state index in [1.54, 1.807) is 45.3 Å². The Bertz CT molecular complexity index is 1320. The molecule has 4 rings (SSSR count). The Morgan fingerprint density at radius 2 is 1.32 bits per heavy atom. The fourth-order valence-electron chi connectivity index (χ4n) is 3.77. The van der Waals surface area contributed by atoms with Gasteiger partial charge in [-0.15, -0.1) is 0 Å². The number of methoxy groups -OCH3 is 4. The van der Waals surface area contributed by atoms with Crippen molar-refractivity contribution in [2.45, 2.75) is 6.54 Å². The van der Waals surface area contributed by atoms with Gasteiger partial charge < -0.3 is 18.9 Å². The first-order valence-corrected chi connectivity index (χ1v) is 11.2. The van der Waals surface area contributed by atoms with Gasteiger partial charge in [-0.25, -0.2) is 4.39 Å². The second kappa shape index (κ2) is 10.2. The molecule has 0 spiro atoms. The maximum absolute atomic E-state index is 14.5. The van der Waals surface area contributed by atoms with Crippen LogP contribution in [0.25, 0.3) is 22.5 Å². The van der Waals surface area contributed by atoms with Crippen molar-refractivity contribution in [1.82, 2.24) is 9.78 Å². The lowest BCUT2D eigenvalue weighted by atomic mass is 10.1. The molecule has 1 heterocycles. The fraction of sp³-hybridized carbons (Fsp3) is 0.192. The summed E-state index contributed by atoms with van der Waals surface area (Å²) in [7, 11) is 6.35. The number of benzene rings is 3. The van der Waals surface area contributed by atoms with Crippen LogP contribution in [0.1, 0.15) is 5.56 Å². The Labute approximate surface area is 206 Å². The van der Waals surface area contributed by atoms with Crippen molar-refractivity contribution in [3.63, 3.8) is 0 Å². The van der Waals surface area contributed by atoms with Gasteiger partial charge in [-0.3, -0.25) is 4.68 Å². The summed E-state index contributed by atoms with van der Waals surface area (Å²) >= 11 is 3.75. The zero-order valence-corrected chi connectivity index (χ0v) is 20.8. The predicted octanol–water partition coefficient (Wildman–Crippen LogP) is 6.20. The summed E-state index contributed by atoms with van der Waals surface area (Å²) in [5, 5.41) is 4.86. The van der Waals surface area contributed by atoms with Crippen LogP contribution < -0.4 is 18.9 Å². The quantitative estimate of drug-likeness (QED) is 0.273. The zero-order chi connectivity index (χ0) is 24.2. The van der Waals surface area contributed by atoms with E-state index >= 15 is 0 Å². The number of hydrogen-bond donors (Lipinski definition) is 0. The summed E-state index contributed by atoms with van der Waals surface area (Å²) in [6, 6.07) is 17.9. The highest BCUT2D eigenvalue weighted by Gasteiger charge is 2.22. The van der Waals surface area contributed by atoms with Crippen molar-refractivity contribution < 1.29 is 23.3 Å². The monoisotopic (exact) mass is 526 g/mol. The first kappa shape index (κ1) is 23.6. The lowest BCUT2D eigenvalue weighted by Gasteiger charge is -2.12.